The van der Waals surface area contributed by atoms with Gasteiger partial charge in [0.1, 0.15) is 6.04 Å². The van der Waals surface area contributed by atoms with E-state index in [1.54, 1.807) is 18.2 Å². The number of halogens is 2. The molecule has 0 aliphatic carbocycles. The van der Waals surface area contributed by atoms with Crippen LogP contribution in [-0.2, 0) is 16.0 Å². The third-order valence-electron chi connectivity index (χ3n) is 2.37. The van der Waals surface area contributed by atoms with Crippen molar-refractivity contribution >= 4 is 35.1 Å². The Bertz CT molecular complexity index is 463. The van der Waals surface area contributed by atoms with E-state index in [0.29, 0.717) is 16.5 Å². The Labute approximate surface area is 115 Å². The van der Waals surface area contributed by atoms with Gasteiger partial charge in [-0.3, -0.25) is 9.59 Å². The normalized spacial score (nSPS) is 11.9. The van der Waals surface area contributed by atoms with Gasteiger partial charge in [-0.05, 0) is 31.0 Å². The molecule has 0 saturated carbocycles. The Morgan fingerprint density at radius 1 is 1.33 bits per heavy atom. The maximum Gasteiger partial charge on any atom is 0.325 e. The molecule has 0 fully saturated rings. The van der Waals surface area contributed by atoms with Crippen LogP contribution in [0.2, 0.25) is 10.0 Å². The number of carbonyl (C=O) groups is 2. The molecule has 2 N–H and O–H groups in total. The summed E-state index contributed by atoms with van der Waals surface area (Å²) in [7, 11) is 0. The topological polar surface area (TPSA) is 66.4 Å². The van der Waals surface area contributed by atoms with Gasteiger partial charge in [0.2, 0.25) is 5.91 Å². The number of aliphatic carboxylic acids is 1. The molecule has 4 nitrogen and oxygen atoms in total. The average molecular weight is 290 g/mol. The summed E-state index contributed by atoms with van der Waals surface area (Å²) in [4.78, 5) is 22.0. The number of rotatable bonds is 5. The van der Waals surface area contributed by atoms with Crippen molar-refractivity contribution in [3.05, 3.63) is 33.8 Å². The van der Waals surface area contributed by atoms with E-state index in [-0.39, 0.29) is 12.3 Å². The molecule has 0 aliphatic heterocycles. The van der Waals surface area contributed by atoms with E-state index in [4.69, 9.17) is 28.3 Å². The van der Waals surface area contributed by atoms with E-state index in [9.17, 15) is 9.59 Å². The van der Waals surface area contributed by atoms with Crippen LogP contribution >= 0.6 is 23.2 Å². The van der Waals surface area contributed by atoms with Gasteiger partial charge in [-0.1, -0.05) is 29.3 Å². The standard InChI is InChI=1S/C12H13Cl2NO3/c1-7(12(17)18)15-11(16)5-3-8-2-4-9(13)10(14)6-8/h2,4,6-7H,3,5H2,1H3,(H,15,16)(H,17,18). The van der Waals surface area contributed by atoms with E-state index in [1.807, 2.05) is 0 Å². The lowest BCUT2D eigenvalue weighted by molar-refractivity contribution is -0.141. The molecule has 0 bridgehead atoms. The van der Waals surface area contributed by atoms with Crippen molar-refractivity contribution in [2.45, 2.75) is 25.8 Å². The summed E-state index contributed by atoms with van der Waals surface area (Å²) in [5, 5.41) is 11.9. The van der Waals surface area contributed by atoms with Crippen LogP contribution in [0.3, 0.4) is 0 Å². The number of nitrogens with one attached hydrogen (secondary N) is 1. The van der Waals surface area contributed by atoms with Gasteiger partial charge < -0.3 is 10.4 Å². The van der Waals surface area contributed by atoms with Crippen LogP contribution in [0.25, 0.3) is 0 Å². The van der Waals surface area contributed by atoms with Crippen LogP contribution in [0.15, 0.2) is 18.2 Å². The van der Waals surface area contributed by atoms with Gasteiger partial charge in [0, 0.05) is 6.42 Å². The number of hydrogen-bond donors (Lipinski definition) is 2. The molecular formula is C12H13Cl2NO3. The number of carboxylic acids is 1. The van der Waals surface area contributed by atoms with Crippen LogP contribution in [0.1, 0.15) is 18.9 Å². The van der Waals surface area contributed by atoms with Crippen molar-refractivity contribution in [2.75, 3.05) is 0 Å². The van der Waals surface area contributed by atoms with Crippen LogP contribution in [0.5, 0.6) is 0 Å². The highest BCUT2D eigenvalue weighted by Gasteiger charge is 2.13. The summed E-state index contributed by atoms with van der Waals surface area (Å²) < 4.78 is 0. The third kappa shape index (κ3) is 4.55. The Balaban J connectivity index is 2.47. The molecule has 0 aromatic heterocycles. The lowest BCUT2D eigenvalue weighted by Crippen LogP contribution is -2.38. The Kier molecular flexibility index (Phi) is 5.44. The molecule has 0 saturated heterocycles. The third-order valence-corrected chi connectivity index (χ3v) is 3.11. The Morgan fingerprint density at radius 2 is 2.00 bits per heavy atom. The van der Waals surface area contributed by atoms with E-state index < -0.39 is 12.0 Å². The van der Waals surface area contributed by atoms with E-state index in [0.717, 1.165) is 5.56 Å². The first-order valence-corrected chi connectivity index (χ1v) is 6.12. The van der Waals surface area contributed by atoms with Crippen LogP contribution in [0.4, 0.5) is 0 Å². The molecule has 1 rings (SSSR count). The molecule has 0 aliphatic rings. The van der Waals surface area contributed by atoms with Gasteiger partial charge >= 0.3 is 5.97 Å². The zero-order chi connectivity index (χ0) is 13.7. The molecule has 1 unspecified atom stereocenters. The lowest BCUT2D eigenvalue weighted by Gasteiger charge is -2.09. The highest BCUT2D eigenvalue weighted by Crippen LogP contribution is 2.23. The predicted octanol–water partition coefficient (Wildman–Crippen LogP) is 2.52. The number of aryl methyl sites for hydroxylation is 1. The molecule has 6 heteroatoms. The van der Waals surface area contributed by atoms with Crippen LogP contribution < -0.4 is 5.32 Å². The zero-order valence-corrected chi connectivity index (χ0v) is 11.3. The van der Waals surface area contributed by atoms with Crippen molar-refractivity contribution in [3.8, 4) is 0 Å². The minimum atomic E-state index is -1.06. The van der Waals surface area contributed by atoms with Crippen LogP contribution in [0, 0.1) is 0 Å². The van der Waals surface area contributed by atoms with Gasteiger partial charge in [-0.2, -0.15) is 0 Å². The van der Waals surface area contributed by atoms with Gasteiger partial charge in [0.15, 0.2) is 0 Å². The highest BCUT2D eigenvalue weighted by atomic mass is 35.5. The summed E-state index contributed by atoms with van der Waals surface area (Å²) in [6.45, 7) is 1.42. The van der Waals surface area contributed by atoms with Crippen molar-refractivity contribution in [1.29, 1.82) is 0 Å². The molecule has 1 aromatic rings. The second kappa shape index (κ2) is 6.61. The molecular weight excluding hydrogens is 277 g/mol. The maximum atomic E-state index is 11.4. The molecule has 0 heterocycles. The molecule has 0 radical (unpaired) electrons. The summed E-state index contributed by atoms with van der Waals surface area (Å²) in [5.41, 5.74) is 0.877. The molecule has 18 heavy (non-hydrogen) atoms. The van der Waals surface area contributed by atoms with E-state index in [2.05, 4.69) is 5.32 Å². The predicted molar refractivity (Wildman–Crippen MR) is 70.0 cm³/mol. The fraction of sp³-hybridized carbons (Fsp3) is 0.333. The van der Waals surface area contributed by atoms with Crippen molar-refractivity contribution in [2.24, 2.45) is 0 Å². The van der Waals surface area contributed by atoms with Crippen molar-refractivity contribution in [3.63, 3.8) is 0 Å². The molecule has 0 spiro atoms. The average Bonchev–Trinajstić information content (AvgIpc) is 2.30. The Morgan fingerprint density at radius 3 is 2.56 bits per heavy atom. The molecule has 98 valence electrons. The number of carbonyl (C=O) groups excluding carboxylic acids is 1. The van der Waals surface area contributed by atoms with Gasteiger partial charge in [0.05, 0.1) is 10.0 Å². The largest absolute Gasteiger partial charge is 0.480 e. The second-order valence-corrected chi connectivity index (χ2v) is 4.69. The summed E-state index contributed by atoms with van der Waals surface area (Å²) >= 11 is 11.6. The van der Waals surface area contributed by atoms with E-state index >= 15 is 0 Å². The summed E-state index contributed by atoms with van der Waals surface area (Å²) in [6, 6.07) is 4.25. The smallest absolute Gasteiger partial charge is 0.325 e. The first kappa shape index (κ1) is 14.8. The van der Waals surface area contributed by atoms with Gasteiger partial charge in [-0.15, -0.1) is 0 Å². The lowest BCUT2D eigenvalue weighted by atomic mass is 10.1. The van der Waals surface area contributed by atoms with E-state index in [1.165, 1.54) is 6.92 Å². The Hall–Kier alpha value is -1.26. The monoisotopic (exact) mass is 289 g/mol. The minimum Gasteiger partial charge on any atom is -0.480 e. The molecule has 1 amide bonds. The maximum absolute atomic E-state index is 11.4. The highest BCUT2D eigenvalue weighted by molar-refractivity contribution is 6.42. The number of benzene rings is 1. The number of carboxylic acid groups (broad SMARTS) is 1. The van der Waals surface area contributed by atoms with Gasteiger partial charge in [0.25, 0.3) is 0 Å². The second-order valence-electron chi connectivity index (χ2n) is 3.88. The first-order valence-electron chi connectivity index (χ1n) is 5.36. The number of hydrogen-bond acceptors (Lipinski definition) is 2. The zero-order valence-electron chi connectivity index (χ0n) is 9.74. The first-order chi connectivity index (χ1) is 8.40. The fourth-order valence-electron chi connectivity index (χ4n) is 1.33. The molecule has 1 atom stereocenters. The van der Waals surface area contributed by atoms with Gasteiger partial charge in [-0.25, -0.2) is 0 Å². The van der Waals surface area contributed by atoms with Crippen LogP contribution in [-0.4, -0.2) is 23.0 Å². The number of amides is 1. The SMILES string of the molecule is CC(NC(=O)CCc1ccc(Cl)c(Cl)c1)C(=O)O. The quantitative estimate of drug-likeness (QED) is 0.875. The summed E-state index contributed by atoms with van der Waals surface area (Å²) in [6.07, 6.45) is 0.685. The molecule has 1 aromatic carbocycles. The van der Waals surface area contributed by atoms with Crippen molar-refractivity contribution < 1.29 is 14.7 Å². The van der Waals surface area contributed by atoms with Crippen molar-refractivity contribution in [1.82, 2.24) is 5.32 Å². The fourth-order valence-corrected chi connectivity index (χ4v) is 1.65. The minimum absolute atomic E-state index is 0.204. The summed E-state index contributed by atoms with van der Waals surface area (Å²) in [5.74, 6) is -1.37.